The summed E-state index contributed by atoms with van der Waals surface area (Å²) < 4.78 is 10.4. The van der Waals surface area contributed by atoms with E-state index in [1.54, 1.807) is 55.6 Å². The number of hydrogen-bond acceptors (Lipinski definition) is 8. The molecule has 2 aromatic carbocycles. The molecule has 0 fully saturated rings. The van der Waals surface area contributed by atoms with E-state index in [2.05, 4.69) is 20.6 Å². The first-order valence-electron chi connectivity index (χ1n) is 9.81. The van der Waals surface area contributed by atoms with Gasteiger partial charge in [0.15, 0.2) is 10.3 Å². The van der Waals surface area contributed by atoms with Crippen molar-refractivity contribution >= 4 is 44.8 Å². The molecule has 0 atom stereocenters. The van der Waals surface area contributed by atoms with Crippen molar-refractivity contribution in [3.8, 4) is 22.1 Å². The zero-order chi connectivity index (χ0) is 23.4. The van der Waals surface area contributed by atoms with Crippen LogP contribution < -0.4 is 20.1 Å². The summed E-state index contributed by atoms with van der Waals surface area (Å²) in [5.41, 5.74) is 2.33. The van der Waals surface area contributed by atoms with Crippen LogP contribution >= 0.6 is 22.7 Å². The molecule has 10 heteroatoms. The van der Waals surface area contributed by atoms with Crippen molar-refractivity contribution < 1.29 is 19.1 Å². The summed E-state index contributed by atoms with van der Waals surface area (Å²) in [6.07, 6.45) is 0. The highest BCUT2D eigenvalue weighted by Crippen LogP contribution is 2.35. The molecule has 33 heavy (non-hydrogen) atoms. The highest BCUT2D eigenvalue weighted by molar-refractivity contribution is 7.20. The van der Waals surface area contributed by atoms with Crippen molar-refractivity contribution in [2.75, 3.05) is 24.9 Å². The van der Waals surface area contributed by atoms with Gasteiger partial charge in [-0.05, 0) is 43.3 Å². The Morgan fingerprint density at radius 1 is 0.879 bits per heavy atom. The monoisotopic (exact) mass is 480 g/mol. The first kappa shape index (κ1) is 22.4. The van der Waals surface area contributed by atoms with E-state index in [1.807, 2.05) is 12.3 Å². The van der Waals surface area contributed by atoms with Gasteiger partial charge in [-0.3, -0.25) is 20.2 Å². The summed E-state index contributed by atoms with van der Waals surface area (Å²) in [5, 5.41) is 8.39. The largest absolute Gasteiger partial charge is 0.497 e. The molecule has 2 N–H and O–H groups in total. The molecule has 0 bridgehead atoms. The number of para-hydroxylation sites is 1. The molecule has 168 valence electrons. The van der Waals surface area contributed by atoms with E-state index in [9.17, 15) is 9.59 Å². The normalized spacial score (nSPS) is 10.5. The van der Waals surface area contributed by atoms with Crippen molar-refractivity contribution in [1.29, 1.82) is 0 Å². The van der Waals surface area contributed by atoms with Crippen LogP contribution in [-0.4, -0.2) is 36.0 Å². The van der Waals surface area contributed by atoms with E-state index in [1.165, 1.54) is 29.8 Å². The van der Waals surface area contributed by atoms with E-state index in [0.29, 0.717) is 38.6 Å². The quantitative estimate of drug-likeness (QED) is 0.382. The minimum absolute atomic E-state index is 0.260. The van der Waals surface area contributed by atoms with Gasteiger partial charge in [-0.2, -0.15) is 0 Å². The summed E-state index contributed by atoms with van der Waals surface area (Å²) in [4.78, 5) is 34.9. The van der Waals surface area contributed by atoms with Crippen LogP contribution in [0.5, 0.6) is 11.5 Å². The van der Waals surface area contributed by atoms with Crippen LogP contribution in [0.2, 0.25) is 0 Å². The number of amides is 2. The number of carbonyl (C=O) groups excluding carboxylic acids is 2. The number of anilines is 2. The number of thiazole rings is 2. The summed E-state index contributed by atoms with van der Waals surface area (Å²) in [5.74, 6) is 0.598. The average molecular weight is 481 g/mol. The van der Waals surface area contributed by atoms with Gasteiger partial charge in [-0.25, -0.2) is 9.97 Å². The number of aryl methyl sites for hydroxylation is 1. The Bertz CT molecular complexity index is 1300. The Balaban J connectivity index is 1.47. The Morgan fingerprint density at radius 2 is 1.61 bits per heavy atom. The third-order valence-corrected chi connectivity index (χ3v) is 6.53. The molecule has 0 saturated carbocycles. The molecule has 0 aliphatic heterocycles. The fourth-order valence-corrected chi connectivity index (χ4v) is 4.72. The maximum Gasteiger partial charge on any atom is 0.261 e. The lowest BCUT2D eigenvalue weighted by Crippen LogP contribution is -2.12. The van der Waals surface area contributed by atoms with Crippen molar-refractivity contribution in [3.05, 3.63) is 70.7 Å². The van der Waals surface area contributed by atoms with Crippen LogP contribution in [0, 0.1) is 6.92 Å². The van der Waals surface area contributed by atoms with Gasteiger partial charge in [0.25, 0.3) is 11.8 Å². The highest BCUT2D eigenvalue weighted by atomic mass is 32.1. The van der Waals surface area contributed by atoms with Crippen LogP contribution in [-0.2, 0) is 0 Å². The van der Waals surface area contributed by atoms with Gasteiger partial charge in [0.05, 0.1) is 36.0 Å². The number of rotatable bonds is 7. The Kier molecular flexibility index (Phi) is 6.66. The van der Waals surface area contributed by atoms with Gasteiger partial charge in [0, 0.05) is 10.9 Å². The lowest BCUT2D eigenvalue weighted by molar-refractivity contribution is 0.101. The minimum Gasteiger partial charge on any atom is -0.497 e. The van der Waals surface area contributed by atoms with Crippen LogP contribution in [0.15, 0.2) is 53.9 Å². The van der Waals surface area contributed by atoms with Gasteiger partial charge >= 0.3 is 0 Å². The molecule has 4 aromatic rings. The molecule has 0 unspecified atom stereocenters. The van der Waals surface area contributed by atoms with Crippen molar-refractivity contribution in [2.45, 2.75) is 6.92 Å². The molecule has 0 spiro atoms. The van der Waals surface area contributed by atoms with Gasteiger partial charge in [0.2, 0.25) is 0 Å². The van der Waals surface area contributed by atoms with Crippen molar-refractivity contribution in [1.82, 2.24) is 9.97 Å². The number of aromatic nitrogens is 2. The average Bonchev–Trinajstić information content (AvgIpc) is 3.44. The van der Waals surface area contributed by atoms with Gasteiger partial charge in [-0.1, -0.05) is 23.5 Å². The van der Waals surface area contributed by atoms with Crippen LogP contribution in [0.4, 0.5) is 10.3 Å². The molecule has 0 aliphatic carbocycles. The summed E-state index contributed by atoms with van der Waals surface area (Å²) >= 11 is 2.63. The number of hydrogen-bond donors (Lipinski definition) is 2. The molecular formula is C23H20N4O4S2. The molecule has 2 heterocycles. The van der Waals surface area contributed by atoms with Crippen molar-refractivity contribution in [2.24, 2.45) is 0 Å². The SMILES string of the molecule is COc1ccc(C(=O)Nc2nc(-c3sc(NC(=O)c4ccccc4OC)nc3C)cs2)cc1. The molecule has 2 amide bonds. The topological polar surface area (TPSA) is 102 Å². The van der Waals surface area contributed by atoms with Crippen LogP contribution in [0.3, 0.4) is 0 Å². The van der Waals surface area contributed by atoms with E-state index in [4.69, 9.17) is 9.47 Å². The van der Waals surface area contributed by atoms with Crippen LogP contribution in [0.1, 0.15) is 26.4 Å². The highest BCUT2D eigenvalue weighted by Gasteiger charge is 2.18. The third-order valence-electron chi connectivity index (χ3n) is 4.68. The third kappa shape index (κ3) is 5.02. The summed E-state index contributed by atoms with van der Waals surface area (Å²) in [6, 6.07) is 13.8. The zero-order valence-electron chi connectivity index (χ0n) is 18.0. The molecule has 0 radical (unpaired) electrons. The summed E-state index contributed by atoms with van der Waals surface area (Å²) in [7, 11) is 3.09. The molecule has 0 saturated heterocycles. The number of nitrogens with zero attached hydrogens (tertiary/aromatic N) is 2. The number of benzene rings is 2. The van der Waals surface area contributed by atoms with Gasteiger partial charge < -0.3 is 9.47 Å². The van der Waals surface area contributed by atoms with Gasteiger partial charge in [0.1, 0.15) is 11.5 Å². The van der Waals surface area contributed by atoms with E-state index < -0.39 is 0 Å². The van der Waals surface area contributed by atoms with E-state index in [0.717, 1.165) is 10.6 Å². The maximum atomic E-state index is 12.7. The second-order valence-corrected chi connectivity index (χ2v) is 8.67. The Morgan fingerprint density at radius 3 is 2.33 bits per heavy atom. The van der Waals surface area contributed by atoms with E-state index >= 15 is 0 Å². The number of ether oxygens (including phenoxy) is 2. The fraction of sp³-hybridized carbons (Fsp3) is 0.130. The zero-order valence-corrected chi connectivity index (χ0v) is 19.7. The Hall–Kier alpha value is -3.76. The minimum atomic E-state index is -0.307. The number of nitrogens with one attached hydrogen (secondary N) is 2. The predicted octanol–water partition coefficient (Wildman–Crippen LogP) is 5.10. The predicted molar refractivity (Wildman–Crippen MR) is 130 cm³/mol. The second kappa shape index (κ2) is 9.80. The second-order valence-electron chi connectivity index (χ2n) is 6.81. The lowest BCUT2D eigenvalue weighted by atomic mass is 10.2. The van der Waals surface area contributed by atoms with E-state index in [-0.39, 0.29) is 11.8 Å². The van der Waals surface area contributed by atoms with Crippen LogP contribution in [0.25, 0.3) is 10.6 Å². The molecular weight excluding hydrogens is 460 g/mol. The maximum absolute atomic E-state index is 12.7. The first-order valence-corrected chi connectivity index (χ1v) is 11.5. The number of carbonyl (C=O) groups is 2. The molecule has 4 rings (SSSR count). The lowest BCUT2D eigenvalue weighted by Gasteiger charge is -2.06. The number of methoxy groups -OCH3 is 2. The standard InChI is InChI=1S/C23H20N4O4S2/c1-13-19(33-23(24-13)27-21(29)16-6-4-5-7-18(16)31-3)17-12-32-22(25-17)26-20(28)14-8-10-15(30-2)11-9-14/h4-12H,1-3H3,(H,24,27,29)(H,25,26,28). The molecule has 8 nitrogen and oxygen atoms in total. The van der Waals surface area contributed by atoms with Gasteiger partial charge in [-0.15, -0.1) is 11.3 Å². The Labute approximate surface area is 198 Å². The summed E-state index contributed by atoms with van der Waals surface area (Å²) in [6.45, 7) is 1.85. The smallest absolute Gasteiger partial charge is 0.261 e. The van der Waals surface area contributed by atoms with Crippen molar-refractivity contribution in [3.63, 3.8) is 0 Å². The fourth-order valence-electron chi connectivity index (χ4n) is 3.03. The first-order chi connectivity index (χ1) is 16.0. The molecule has 0 aliphatic rings. The molecule has 2 aromatic heterocycles.